The van der Waals surface area contributed by atoms with E-state index in [2.05, 4.69) is 59.2 Å². The van der Waals surface area contributed by atoms with Gasteiger partial charge in [0.25, 0.3) is 0 Å². The Bertz CT molecular complexity index is 1890. The molecular weight excluding hydrogens is 805 g/mol. The minimum atomic E-state index is -0.574. The molecule has 0 spiro atoms. The quantitative estimate of drug-likeness (QED) is 0.0594. The molecule has 6 rings (SSSR count). The Labute approximate surface area is 372 Å². The van der Waals surface area contributed by atoms with E-state index in [1.807, 2.05) is 76.2 Å². The van der Waals surface area contributed by atoms with Gasteiger partial charge in [0, 0.05) is 18.9 Å². The number of alkyl carbamates (subject to hydrolysis) is 2. The van der Waals surface area contributed by atoms with Gasteiger partial charge in [0.15, 0.2) is 0 Å². The second-order valence-corrected chi connectivity index (χ2v) is 16.3. The van der Waals surface area contributed by atoms with Crippen LogP contribution in [-0.2, 0) is 37.9 Å². The number of carbonyl (C=O) groups excluding carboxylic acids is 2. The second kappa shape index (κ2) is 26.1. The Morgan fingerprint density at radius 3 is 1.32 bits per heavy atom. The number of amides is 2. The maximum Gasteiger partial charge on any atom is 0.407 e. The van der Waals surface area contributed by atoms with Crippen molar-refractivity contribution in [3.63, 3.8) is 0 Å². The third kappa shape index (κ3) is 15.4. The van der Waals surface area contributed by atoms with E-state index in [4.69, 9.17) is 37.9 Å². The lowest BCUT2D eigenvalue weighted by Crippen LogP contribution is -2.41. The maximum absolute atomic E-state index is 12.4. The largest absolute Gasteiger partial charge is 0.449 e. The predicted octanol–water partition coefficient (Wildman–Crippen LogP) is 7.72. The fraction of sp³-hybridized carbons (Fsp3) is 0.480. The summed E-state index contributed by atoms with van der Waals surface area (Å²) in [7, 11) is 1.64. The van der Waals surface area contributed by atoms with E-state index < -0.39 is 18.2 Å². The highest BCUT2D eigenvalue weighted by atomic mass is 16.6. The monoisotopic (exact) mass is 870 g/mol. The lowest BCUT2D eigenvalue weighted by Gasteiger charge is -2.19. The Hall–Kier alpha value is -4.86. The van der Waals surface area contributed by atoms with Crippen LogP contribution in [0.2, 0.25) is 0 Å². The molecular formula is C50H66N2O11. The minimum absolute atomic E-state index is 0.00797. The number of rotatable bonds is 24. The molecule has 4 aromatic carbocycles. The van der Waals surface area contributed by atoms with Crippen molar-refractivity contribution in [3.05, 3.63) is 119 Å². The maximum atomic E-state index is 12.4. The van der Waals surface area contributed by atoms with Crippen LogP contribution in [0.5, 0.6) is 0 Å². The third-order valence-electron chi connectivity index (χ3n) is 10.6. The number of aliphatic hydroxyl groups is 1. The van der Waals surface area contributed by atoms with Crippen LogP contribution in [0.15, 0.2) is 97.1 Å². The number of hydrogen-bond acceptors (Lipinski definition) is 11. The second-order valence-electron chi connectivity index (χ2n) is 16.3. The lowest BCUT2D eigenvalue weighted by molar-refractivity contribution is -0.0437. The van der Waals surface area contributed by atoms with Crippen LogP contribution in [-0.4, -0.2) is 128 Å². The van der Waals surface area contributed by atoms with Gasteiger partial charge in [-0.05, 0) is 71.7 Å². The van der Waals surface area contributed by atoms with Crippen molar-refractivity contribution in [2.45, 2.75) is 63.6 Å². The van der Waals surface area contributed by atoms with Gasteiger partial charge in [0.05, 0.1) is 90.4 Å². The molecule has 3 N–H and O–H groups in total. The lowest BCUT2D eigenvalue weighted by atomic mass is 9.98. The van der Waals surface area contributed by atoms with E-state index in [0.29, 0.717) is 66.1 Å². The topological polar surface area (TPSA) is 152 Å². The number of fused-ring (bicyclic) bond motifs is 6. The van der Waals surface area contributed by atoms with Gasteiger partial charge < -0.3 is 53.6 Å². The molecule has 0 saturated heterocycles. The predicted molar refractivity (Wildman–Crippen MR) is 242 cm³/mol. The van der Waals surface area contributed by atoms with E-state index >= 15 is 0 Å². The Kier molecular flexibility index (Phi) is 20.3. The molecule has 0 heterocycles. The molecule has 2 atom stereocenters. The first-order chi connectivity index (χ1) is 30.6. The van der Waals surface area contributed by atoms with Crippen LogP contribution in [0.25, 0.3) is 22.3 Å². The van der Waals surface area contributed by atoms with Crippen LogP contribution in [0.3, 0.4) is 0 Å². The number of benzene rings is 4. The fourth-order valence-electron chi connectivity index (χ4n) is 7.46. The zero-order chi connectivity index (χ0) is 44.9. The van der Waals surface area contributed by atoms with Crippen molar-refractivity contribution in [3.8, 4) is 22.3 Å². The molecule has 0 aliphatic heterocycles. The first-order valence-corrected chi connectivity index (χ1v) is 21.9. The summed E-state index contributed by atoms with van der Waals surface area (Å²) >= 11 is 0. The highest BCUT2D eigenvalue weighted by molar-refractivity contribution is 5.80. The van der Waals surface area contributed by atoms with Gasteiger partial charge in [-0.3, -0.25) is 0 Å². The summed E-state index contributed by atoms with van der Waals surface area (Å²) in [4.78, 5) is 24.7. The molecule has 342 valence electrons. The summed E-state index contributed by atoms with van der Waals surface area (Å²) in [6, 6.07) is 32.3. The van der Waals surface area contributed by atoms with Crippen LogP contribution >= 0.6 is 0 Å². The van der Waals surface area contributed by atoms with Crippen LogP contribution < -0.4 is 10.6 Å². The molecule has 0 unspecified atom stereocenters. The zero-order valence-electron chi connectivity index (χ0n) is 37.5. The van der Waals surface area contributed by atoms with Crippen molar-refractivity contribution in [1.82, 2.24) is 10.6 Å². The summed E-state index contributed by atoms with van der Waals surface area (Å²) < 4.78 is 43.5. The van der Waals surface area contributed by atoms with E-state index in [-0.39, 0.29) is 43.3 Å². The molecule has 2 aliphatic carbocycles. The molecule has 13 nitrogen and oxygen atoms in total. The van der Waals surface area contributed by atoms with E-state index in [1.165, 1.54) is 33.4 Å². The van der Waals surface area contributed by atoms with E-state index in [0.717, 1.165) is 17.5 Å². The first-order valence-electron chi connectivity index (χ1n) is 21.9. The van der Waals surface area contributed by atoms with Crippen molar-refractivity contribution in [2.24, 2.45) is 0 Å². The minimum Gasteiger partial charge on any atom is -0.449 e. The molecule has 0 fully saturated rings. The molecule has 2 aliphatic rings. The average Bonchev–Trinajstić information content (AvgIpc) is 3.79. The highest BCUT2D eigenvalue weighted by Crippen LogP contribution is 2.45. The van der Waals surface area contributed by atoms with E-state index in [9.17, 15) is 14.7 Å². The van der Waals surface area contributed by atoms with Crippen LogP contribution in [0.1, 0.15) is 68.2 Å². The van der Waals surface area contributed by atoms with Gasteiger partial charge in [0.1, 0.15) is 13.2 Å². The van der Waals surface area contributed by atoms with Crippen molar-refractivity contribution >= 4 is 12.2 Å². The van der Waals surface area contributed by atoms with Gasteiger partial charge in [-0.1, -0.05) is 104 Å². The van der Waals surface area contributed by atoms with Gasteiger partial charge in [-0.15, -0.1) is 0 Å². The van der Waals surface area contributed by atoms with Gasteiger partial charge in [-0.25, -0.2) is 9.59 Å². The normalized spacial score (nSPS) is 13.7. The summed E-state index contributed by atoms with van der Waals surface area (Å²) in [5.41, 5.74) is 9.32. The highest BCUT2D eigenvalue weighted by Gasteiger charge is 2.30. The summed E-state index contributed by atoms with van der Waals surface area (Å²) in [6.45, 7) is 12.8. The molecule has 0 radical (unpaired) electrons. The SMILES string of the molecule is CC(C)(C)OCCOCCOC[C@H](CO)NC(=O)OCC1c2ccccc2-c2ccccc21.CC[C@@H](COCCOCCOC)NC(=O)OCC1c2ccccc2-c2ccccc21. The van der Waals surface area contributed by atoms with Crippen molar-refractivity contribution in [1.29, 1.82) is 0 Å². The molecule has 4 aromatic rings. The van der Waals surface area contributed by atoms with Gasteiger partial charge in [0.2, 0.25) is 0 Å². The molecule has 2 amide bonds. The fourth-order valence-corrected chi connectivity index (χ4v) is 7.46. The van der Waals surface area contributed by atoms with Gasteiger partial charge >= 0.3 is 12.2 Å². The Balaban J connectivity index is 0.000000239. The number of nitrogens with one attached hydrogen (secondary N) is 2. The summed E-state index contributed by atoms with van der Waals surface area (Å²) in [5.74, 6) is 0.0510. The summed E-state index contributed by atoms with van der Waals surface area (Å²) in [5, 5.41) is 15.1. The van der Waals surface area contributed by atoms with Crippen molar-refractivity contribution < 1.29 is 52.6 Å². The number of methoxy groups -OCH3 is 1. The Morgan fingerprint density at radius 1 is 0.556 bits per heavy atom. The molecule has 63 heavy (non-hydrogen) atoms. The molecule has 0 aromatic heterocycles. The van der Waals surface area contributed by atoms with Crippen molar-refractivity contribution in [2.75, 3.05) is 93.0 Å². The average molecular weight is 871 g/mol. The Morgan fingerprint density at radius 2 is 0.921 bits per heavy atom. The number of aliphatic hydroxyl groups excluding tert-OH is 1. The zero-order valence-corrected chi connectivity index (χ0v) is 37.5. The first kappa shape index (κ1) is 49.2. The van der Waals surface area contributed by atoms with Gasteiger partial charge in [-0.2, -0.15) is 0 Å². The van der Waals surface area contributed by atoms with E-state index in [1.54, 1.807) is 7.11 Å². The summed E-state index contributed by atoms with van der Waals surface area (Å²) in [6.07, 6.45) is -0.229. The smallest absolute Gasteiger partial charge is 0.407 e. The number of ether oxygens (including phenoxy) is 8. The number of carbonyl (C=O) groups is 2. The van der Waals surface area contributed by atoms with Crippen LogP contribution in [0.4, 0.5) is 9.59 Å². The number of hydrogen-bond donors (Lipinski definition) is 3. The standard InChI is InChI=1S/C26H35NO6.C24H31NO5/c1-26(2,3)33-15-14-30-12-13-31-17-19(16-28)27-25(29)32-18-24-22-10-6-4-8-20(22)21-9-5-7-11-23(21)24;1-3-18(16-29-15-14-28-13-12-27-2)25-24(26)30-17-23-21-10-6-4-8-19(21)20-9-5-7-11-22(20)23/h4-11,19,24,28H,12-18H2,1-3H3,(H,27,29);4-11,18,23H,3,12-17H2,1-2H3,(H,25,26)/t19-;18-/m00/s1. The molecule has 13 heteroatoms. The molecule has 0 bridgehead atoms. The van der Waals surface area contributed by atoms with Crippen LogP contribution in [0, 0.1) is 0 Å². The molecule has 0 saturated carbocycles. The third-order valence-corrected chi connectivity index (χ3v) is 10.6.